The average molecular weight is 340 g/mol. The molecule has 4 rings (SSSR count). The van der Waals surface area contributed by atoms with E-state index in [1.807, 2.05) is 7.05 Å². The number of H-pyrrole nitrogens is 1. The number of aromatic nitrogens is 2. The third-order valence-corrected chi connectivity index (χ3v) is 3.91. The van der Waals surface area contributed by atoms with Gasteiger partial charge in [-0.05, 0) is 36.4 Å². The predicted molar refractivity (Wildman–Crippen MR) is 91.9 cm³/mol. The molecule has 25 heavy (non-hydrogen) atoms. The van der Waals surface area contributed by atoms with Gasteiger partial charge in [-0.15, -0.1) is 0 Å². The summed E-state index contributed by atoms with van der Waals surface area (Å²) in [5.74, 6) is -0.646. The van der Waals surface area contributed by atoms with Gasteiger partial charge in [-0.25, -0.2) is 8.78 Å². The standard InChI is InChI=1S/C10H8FNO.C9H6FNO/c1-12-5-7(6-13)9-4-8(11)2-3-10(9)12;10-7-1-2-9-8(3-7)6(5-12)4-11-9/h2-6H,1H3;1-5,11H. The van der Waals surface area contributed by atoms with Gasteiger partial charge in [0.25, 0.3) is 0 Å². The van der Waals surface area contributed by atoms with Gasteiger partial charge in [-0.2, -0.15) is 0 Å². The van der Waals surface area contributed by atoms with Gasteiger partial charge >= 0.3 is 0 Å². The Morgan fingerprint density at radius 2 is 1.56 bits per heavy atom. The zero-order valence-electron chi connectivity index (χ0n) is 13.3. The van der Waals surface area contributed by atoms with Crippen molar-refractivity contribution in [2.45, 2.75) is 0 Å². The van der Waals surface area contributed by atoms with Crippen molar-refractivity contribution in [1.29, 1.82) is 0 Å². The quantitative estimate of drug-likeness (QED) is 0.555. The van der Waals surface area contributed by atoms with E-state index >= 15 is 0 Å². The zero-order chi connectivity index (χ0) is 18.0. The number of nitrogens with one attached hydrogen (secondary N) is 1. The second kappa shape index (κ2) is 6.68. The Morgan fingerprint density at radius 3 is 2.24 bits per heavy atom. The number of carbonyl (C=O) groups excluding carboxylic acids is 2. The first-order chi connectivity index (χ1) is 12.0. The van der Waals surface area contributed by atoms with Crippen LogP contribution < -0.4 is 0 Å². The van der Waals surface area contributed by atoms with E-state index in [1.54, 1.807) is 29.1 Å². The third-order valence-electron chi connectivity index (χ3n) is 3.91. The fourth-order valence-electron chi connectivity index (χ4n) is 2.70. The predicted octanol–water partition coefficient (Wildman–Crippen LogP) is 4.25. The zero-order valence-corrected chi connectivity index (χ0v) is 13.3. The van der Waals surface area contributed by atoms with E-state index in [4.69, 9.17) is 0 Å². The van der Waals surface area contributed by atoms with Gasteiger partial charge in [0, 0.05) is 52.4 Å². The highest BCUT2D eigenvalue weighted by atomic mass is 19.1. The molecule has 0 bridgehead atoms. The molecule has 126 valence electrons. The number of aldehydes is 2. The topological polar surface area (TPSA) is 54.9 Å². The summed E-state index contributed by atoms with van der Waals surface area (Å²) in [6.45, 7) is 0. The maximum absolute atomic E-state index is 12.8. The van der Waals surface area contributed by atoms with Crippen LogP contribution in [-0.2, 0) is 7.05 Å². The molecule has 0 spiro atoms. The largest absolute Gasteiger partial charge is 0.360 e. The molecule has 2 aromatic heterocycles. The number of aryl methyl sites for hydroxylation is 1. The molecule has 0 fully saturated rings. The van der Waals surface area contributed by atoms with Crippen LogP contribution in [0.4, 0.5) is 8.78 Å². The van der Waals surface area contributed by atoms with E-state index in [9.17, 15) is 18.4 Å². The number of nitrogens with zero attached hydrogens (tertiary/aromatic N) is 1. The Labute approximate surface area is 141 Å². The van der Waals surface area contributed by atoms with Gasteiger partial charge in [-0.3, -0.25) is 9.59 Å². The lowest BCUT2D eigenvalue weighted by molar-refractivity contribution is 0.111. The fourth-order valence-corrected chi connectivity index (χ4v) is 2.70. The number of hydrogen-bond donors (Lipinski definition) is 1. The molecule has 0 radical (unpaired) electrons. The molecular weight excluding hydrogens is 326 g/mol. The molecule has 2 heterocycles. The summed E-state index contributed by atoms with van der Waals surface area (Å²) in [7, 11) is 1.83. The maximum atomic E-state index is 12.8. The van der Waals surface area contributed by atoms with Gasteiger partial charge in [-0.1, -0.05) is 0 Å². The summed E-state index contributed by atoms with van der Waals surface area (Å²) in [5.41, 5.74) is 2.66. The Balaban J connectivity index is 0.000000146. The minimum absolute atomic E-state index is 0.318. The highest BCUT2D eigenvalue weighted by Gasteiger charge is 2.05. The molecule has 2 aromatic carbocycles. The van der Waals surface area contributed by atoms with Gasteiger partial charge in [0.2, 0.25) is 0 Å². The molecule has 0 amide bonds. The van der Waals surface area contributed by atoms with Crippen molar-refractivity contribution in [2.24, 2.45) is 7.05 Å². The molecule has 0 aliphatic heterocycles. The minimum atomic E-state index is -0.329. The second-order valence-electron chi connectivity index (χ2n) is 5.53. The Bertz CT molecular complexity index is 1080. The third kappa shape index (κ3) is 3.19. The van der Waals surface area contributed by atoms with Crippen LogP contribution in [0.3, 0.4) is 0 Å². The number of aromatic amines is 1. The number of carbonyl (C=O) groups is 2. The van der Waals surface area contributed by atoms with Gasteiger partial charge in [0.1, 0.15) is 11.6 Å². The number of hydrogen-bond acceptors (Lipinski definition) is 2. The molecule has 0 aliphatic rings. The summed E-state index contributed by atoms with van der Waals surface area (Å²) in [4.78, 5) is 23.9. The lowest BCUT2D eigenvalue weighted by atomic mass is 10.2. The molecule has 1 N–H and O–H groups in total. The van der Waals surface area contributed by atoms with E-state index in [0.29, 0.717) is 28.2 Å². The van der Waals surface area contributed by atoms with Gasteiger partial charge < -0.3 is 9.55 Å². The molecule has 4 nitrogen and oxygen atoms in total. The van der Waals surface area contributed by atoms with Crippen molar-refractivity contribution in [3.63, 3.8) is 0 Å². The summed E-state index contributed by atoms with van der Waals surface area (Å²) < 4.78 is 27.3. The van der Waals surface area contributed by atoms with Crippen LogP contribution >= 0.6 is 0 Å². The maximum Gasteiger partial charge on any atom is 0.152 e. The van der Waals surface area contributed by atoms with Crippen molar-refractivity contribution >= 4 is 34.4 Å². The van der Waals surface area contributed by atoms with Crippen LogP contribution in [-0.4, -0.2) is 22.1 Å². The molecule has 0 saturated heterocycles. The summed E-state index contributed by atoms with van der Waals surface area (Å²) >= 11 is 0. The Morgan fingerprint density at radius 1 is 0.920 bits per heavy atom. The second-order valence-corrected chi connectivity index (χ2v) is 5.53. The number of halogens is 2. The van der Waals surface area contributed by atoms with Crippen LogP contribution in [0.5, 0.6) is 0 Å². The monoisotopic (exact) mass is 340 g/mol. The van der Waals surface area contributed by atoms with E-state index in [-0.39, 0.29) is 11.6 Å². The van der Waals surface area contributed by atoms with Crippen molar-refractivity contribution in [1.82, 2.24) is 9.55 Å². The van der Waals surface area contributed by atoms with Crippen LogP contribution in [0, 0.1) is 11.6 Å². The van der Waals surface area contributed by atoms with Crippen molar-refractivity contribution in [3.05, 3.63) is 71.6 Å². The van der Waals surface area contributed by atoms with Crippen LogP contribution in [0.15, 0.2) is 48.8 Å². The highest BCUT2D eigenvalue weighted by Crippen LogP contribution is 2.20. The number of benzene rings is 2. The summed E-state index contributed by atoms with van der Waals surface area (Å²) in [6, 6.07) is 8.73. The molecule has 4 aromatic rings. The molecule has 0 saturated carbocycles. The van der Waals surface area contributed by atoms with Crippen molar-refractivity contribution in [3.8, 4) is 0 Å². The molecule has 0 atom stereocenters. The normalized spacial score (nSPS) is 10.5. The smallest absolute Gasteiger partial charge is 0.152 e. The van der Waals surface area contributed by atoms with E-state index < -0.39 is 0 Å². The van der Waals surface area contributed by atoms with E-state index in [2.05, 4.69) is 4.98 Å². The van der Waals surface area contributed by atoms with Crippen LogP contribution in [0.25, 0.3) is 21.8 Å². The summed E-state index contributed by atoms with van der Waals surface area (Å²) in [5, 5.41) is 1.29. The lowest BCUT2D eigenvalue weighted by Crippen LogP contribution is -1.83. The highest BCUT2D eigenvalue weighted by molar-refractivity contribution is 5.98. The first-order valence-electron chi connectivity index (χ1n) is 7.45. The van der Waals surface area contributed by atoms with Crippen molar-refractivity contribution < 1.29 is 18.4 Å². The number of rotatable bonds is 2. The van der Waals surface area contributed by atoms with E-state index in [0.717, 1.165) is 17.3 Å². The first-order valence-corrected chi connectivity index (χ1v) is 7.45. The van der Waals surface area contributed by atoms with E-state index in [1.165, 1.54) is 24.3 Å². The molecular formula is C19H14F2N2O2. The van der Waals surface area contributed by atoms with Gasteiger partial charge in [0.05, 0.1) is 0 Å². The molecule has 0 aliphatic carbocycles. The summed E-state index contributed by atoms with van der Waals surface area (Å²) in [6.07, 6.45) is 4.70. The Kier molecular flexibility index (Phi) is 4.43. The SMILES string of the molecule is Cn1cc(C=O)c2cc(F)ccc21.O=Cc1c[nH]c2ccc(F)cc12. The first kappa shape index (κ1) is 16.6. The van der Waals surface area contributed by atoms with Crippen LogP contribution in [0.1, 0.15) is 20.7 Å². The molecule has 0 unspecified atom stereocenters. The van der Waals surface area contributed by atoms with Gasteiger partial charge in [0.15, 0.2) is 12.6 Å². The van der Waals surface area contributed by atoms with Crippen LogP contribution in [0.2, 0.25) is 0 Å². The van der Waals surface area contributed by atoms with Crippen molar-refractivity contribution in [2.75, 3.05) is 0 Å². The fraction of sp³-hybridized carbons (Fsp3) is 0.0526. The Hall–Kier alpha value is -3.28. The number of fused-ring (bicyclic) bond motifs is 2. The lowest BCUT2D eigenvalue weighted by Gasteiger charge is -1.94. The molecule has 6 heteroatoms. The minimum Gasteiger partial charge on any atom is -0.360 e. The average Bonchev–Trinajstić information content (AvgIpc) is 3.15.